The number of aryl methyl sites for hydroxylation is 1. The number of hydrogen-bond acceptors (Lipinski definition) is 3. The smallest absolute Gasteiger partial charge is 0.246 e. The third-order valence-electron chi connectivity index (χ3n) is 4.74. The molecule has 2 saturated heterocycles. The van der Waals surface area contributed by atoms with Gasteiger partial charge in [-0.15, -0.1) is 0 Å². The van der Waals surface area contributed by atoms with Crippen molar-refractivity contribution in [1.82, 2.24) is 10.2 Å². The number of carbonyl (C=O) groups is 2. The molecule has 124 valence electrons. The first kappa shape index (κ1) is 16.0. The minimum Gasteiger partial charge on any atom is -0.361 e. The van der Waals surface area contributed by atoms with Gasteiger partial charge in [0.05, 0.1) is 6.54 Å². The van der Waals surface area contributed by atoms with Crippen molar-refractivity contribution < 1.29 is 14.3 Å². The van der Waals surface area contributed by atoms with Crippen LogP contribution < -0.4 is 5.32 Å². The van der Waals surface area contributed by atoms with E-state index in [0.29, 0.717) is 19.5 Å². The summed E-state index contributed by atoms with van der Waals surface area (Å²) >= 11 is 0. The van der Waals surface area contributed by atoms with Gasteiger partial charge >= 0.3 is 0 Å². The van der Waals surface area contributed by atoms with E-state index in [1.165, 1.54) is 5.56 Å². The Labute approximate surface area is 137 Å². The number of unbranched alkanes of at least 4 members (excludes halogenated alkanes) is 1. The maximum atomic E-state index is 12.3. The first-order valence-electron chi connectivity index (χ1n) is 8.39. The van der Waals surface area contributed by atoms with Crippen LogP contribution in [0.15, 0.2) is 30.3 Å². The molecule has 1 aromatic rings. The molecular formula is C18H24N2O3. The largest absolute Gasteiger partial charge is 0.361 e. The molecule has 2 heterocycles. The molecule has 0 aliphatic carbocycles. The van der Waals surface area contributed by atoms with Crippen LogP contribution in [0.1, 0.15) is 31.2 Å². The Morgan fingerprint density at radius 1 is 1.26 bits per heavy atom. The van der Waals surface area contributed by atoms with Gasteiger partial charge in [0.25, 0.3) is 0 Å². The quantitative estimate of drug-likeness (QED) is 0.838. The monoisotopic (exact) mass is 316 g/mol. The highest BCUT2D eigenvalue weighted by Crippen LogP contribution is 2.27. The van der Waals surface area contributed by atoms with Gasteiger partial charge in [-0.05, 0) is 31.2 Å². The van der Waals surface area contributed by atoms with E-state index in [1.54, 1.807) is 0 Å². The predicted octanol–water partition coefficient (Wildman–Crippen LogP) is 1.52. The number of morpholine rings is 1. The first-order chi connectivity index (χ1) is 11.2. The average molecular weight is 316 g/mol. The SMILES string of the molecule is O=C1COC2(CCN(C(=O)CCCCc3ccccc3)C2)CN1. The van der Waals surface area contributed by atoms with Crippen molar-refractivity contribution >= 4 is 11.8 Å². The van der Waals surface area contributed by atoms with E-state index in [4.69, 9.17) is 4.74 Å². The van der Waals surface area contributed by atoms with Crippen molar-refractivity contribution in [3.05, 3.63) is 35.9 Å². The van der Waals surface area contributed by atoms with Gasteiger partial charge in [-0.3, -0.25) is 9.59 Å². The molecule has 0 radical (unpaired) electrons. The summed E-state index contributed by atoms with van der Waals surface area (Å²) in [7, 11) is 0. The highest BCUT2D eigenvalue weighted by Gasteiger charge is 2.43. The van der Waals surface area contributed by atoms with Crippen LogP contribution in [0.3, 0.4) is 0 Å². The van der Waals surface area contributed by atoms with Gasteiger partial charge in [0.15, 0.2) is 0 Å². The third-order valence-corrected chi connectivity index (χ3v) is 4.74. The number of hydrogen-bond donors (Lipinski definition) is 1. The Kier molecular flexibility index (Phi) is 4.96. The fourth-order valence-corrected chi connectivity index (χ4v) is 3.31. The lowest BCUT2D eigenvalue weighted by Gasteiger charge is -2.33. The average Bonchev–Trinajstić information content (AvgIpc) is 3.00. The lowest BCUT2D eigenvalue weighted by Crippen LogP contribution is -2.54. The van der Waals surface area contributed by atoms with Gasteiger partial charge < -0.3 is 15.0 Å². The summed E-state index contributed by atoms with van der Waals surface area (Å²) in [5.41, 5.74) is 0.972. The van der Waals surface area contributed by atoms with Crippen molar-refractivity contribution in [2.75, 3.05) is 26.2 Å². The summed E-state index contributed by atoms with van der Waals surface area (Å²) in [4.78, 5) is 25.4. The molecule has 0 saturated carbocycles. The topological polar surface area (TPSA) is 58.6 Å². The predicted molar refractivity (Wildman–Crippen MR) is 86.9 cm³/mol. The van der Waals surface area contributed by atoms with Crippen LogP contribution in [0.2, 0.25) is 0 Å². The molecule has 1 unspecified atom stereocenters. The lowest BCUT2D eigenvalue weighted by atomic mass is 10.0. The second-order valence-corrected chi connectivity index (χ2v) is 6.51. The van der Waals surface area contributed by atoms with Gasteiger partial charge in [-0.25, -0.2) is 0 Å². The summed E-state index contributed by atoms with van der Waals surface area (Å²) < 4.78 is 5.70. The fraction of sp³-hybridized carbons (Fsp3) is 0.556. The number of ether oxygens (including phenoxy) is 1. The van der Waals surface area contributed by atoms with Crippen molar-refractivity contribution in [2.45, 2.75) is 37.7 Å². The van der Waals surface area contributed by atoms with Gasteiger partial charge in [0, 0.05) is 19.5 Å². The van der Waals surface area contributed by atoms with Crippen molar-refractivity contribution in [3.8, 4) is 0 Å². The van der Waals surface area contributed by atoms with E-state index >= 15 is 0 Å². The van der Waals surface area contributed by atoms with Gasteiger partial charge in [-0.2, -0.15) is 0 Å². The highest BCUT2D eigenvalue weighted by atomic mass is 16.5. The number of nitrogens with zero attached hydrogens (tertiary/aromatic N) is 1. The second-order valence-electron chi connectivity index (χ2n) is 6.51. The van der Waals surface area contributed by atoms with E-state index in [2.05, 4.69) is 17.4 Å². The van der Waals surface area contributed by atoms with Crippen LogP contribution in [0, 0.1) is 0 Å². The number of rotatable bonds is 5. The molecule has 1 atom stereocenters. The van der Waals surface area contributed by atoms with Gasteiger partial charge in [0.1, 0.15) is 12.2 Å². The molecule has 2 aliphatic rings. The standard InChI is InChI=1S/C18H24N2O3/c21-16-12-23-18(13-19-16)10-11-20(14-18)17(22)9-5-4-8-15-6-2-1-3-7-15/h1-3,6-7H,4-5,8-14H2,(H,19,21). The summed E-state index contributed by atoms with van der Waals surface area (Å²) in [6.45, 7) is 1.96. The number of amides is 2. The number of carbonyl (C=O) groups excluding carboxylic acids is 2. The summed E-state index contributed by atoms with van der Waals surface area (Å²) in [5.74, 6) is 0.136. The first-order valence-corrected chi connectivity index (χ1v) is 8.39. The molecule has 2 amide bonds. The fourth-order valence-electron chi connectivity index (χ4n) is 3.31. The van der Waals surface area contributed by atoms with Crippen LogP contribution in [-0.4, -0.2) is 48.6 Å². The molecule has 0 bridgehead atoms. The summed E-state index contributed by atoms with van der Waals surface area (Å²) in [6, 6.07) is 10.4. The van der Waals surface area contributed by atoms with Crippen LogP contribution in [0.4, 0.5) is 0 Å². The number of benzene rings is 1. The van der Waals surface area contributed by atoms with E-state index in [-0.39, 0.29) is 24.0 Å². The van der Waals surface area contributed by atoms with Gasteiger partial charge in [-0.1, -0.05) is 30.3 Å². The molecule has 1 N–H and O–H groups in total. The summed E-state index contributed by atoms with van der Waals surface area (Å²) in [5, 5.41) is 2.84. The van der Waals surface area contributed by atoms with Crippen LogP contribution in [0.25, 0.3) is 0 Å². The molecule has 1 spiro atoms. The van der Waals surface area contributed by atoms with E-state index in [1.807, 2.05) is 23.1 Å². The minimum absolute atomic E-state index is 0.0682. The Bertz CT molecular complexity index is 549. The molecule has 1 aromatic carbocycles. The van der Waals surface area contributed by atoms with Crippen LogP contribution in [-0.2, 0) is 20.7 Å². The maximum Gasteiger partial charge on any atom is 0.246 e. The molecule has 5 heteroatoms. The Morgan fingerprint density at radius 2 is 2.09 bits per heavy atom. The van der Waals surface area contributed by atoms with Gasteiger partial charge in [0.2, 0.25) is 11.8 Å². The van der Waals surface area contributed by atoms with Crippen LogP contribution >= 0.6 is 0 Å². The molecule has 2 fully saturated rings. The second kappa shape index (κ2) is 7.13. The number of nitrogens with one attached hydrogen (secondary N) is 1. The zero-order chi connectivity index (χ0) is 16.1. The van der Waals surface area contributed by atoms with E-state index in [0.717, 1.165) is 32.2 Å². The lowest BCUT2D eigenvalue weighted by molar-refractivity contribution is -0.143. The molecule has 2 aliphatic heterocycles. The van der Waals surface area contributed by atoms with E-state index in [9.17, 15) is 9.59 Å². The van der Waals surface area contributed by atoms with Crippen molar-refractivity contribution in [3.63, 3.8) is 0 Å². The Morgan fingerprint density at radius 3 is 2.83 bits per heavy atom. The highest BCUT2D eigenvalue weighted by molar-refractivity contribution is 5.78. The maximum absolute atomic E-state index is 12.3. The molecule has 0 aromatic heterocycles. The van der Waals surface area contributed by atoms with E-state index < -0.39 is 0 Å². The number of likely N-dealkylation sites (tertiary alicyclic amines) is 1. The normalized spacial score (nSPS) is 24.0. The third kappa shape index (κ3) is 4.10. The molecule has 3 rings (SSSR count). The zero-order valence-corrected chi connectivity index (χ0v) is 13.4. The Hall–Kier alpha value is -1.88. The summed E-state index contributed by atoms with van der Waals surface area (Å²) in [6.07, 6.45) is 4.36. The molecule has 5 nitrogen and oxygen atoms in total. The molecule has 23 heavy (non-hydrogen) atoms. The minimum atomic E-state index is -0.354. The van der Waals surface area contributed by atoms with Crippen molar-refractivity contribution in [1.29, 1.82) is 0 Å². The zero-order valence-electron chi connectivity index (χ0n) is 13.4. The molecular weight excluding hydrogens is 292 g/mol. The van der Waals surface area contributed by atoms with Crippen molar-refractivity contribution in [2.24, 2.45) is 0 Å². The van der Waals surface area contributed by atoms with Crippen LogP contribution in [0.5, 0.6) is 0 Å². The Balaban J connectivity index is 1.38.